The molecule has 0 saturated carbocycles. The lowest BCUT2D eigenvalue weighted by atomic mass is 9.72. The molecule has 2 atom stereocenters. The van der Waals surface area contributed by atoms with Crippen LogP contribution in [-0.4, -0.2) is 228 Å². The molecule has 0 radical (unpaired) electrons. The summed E-state index contributed by atoms with van der Waals surface area (Å²) in [4.78, 5) is 79.5. The number of nitro groups is 2. The number of nitrogens with zero attached hydrogens (tertiary/aromatic N) is 12. The lowest BCUT2D eigenvalue weighted by Crippen LogP contribution is -2.47. The minimum atomic E-state index is -4.58. The lowest BCUT2D eigenvalue weighted by molar-refractivity contribution is -0.386. The van der Waals surface area contributed by atoms with Gasteiger partial charge in [-0.15, -0.1) is 0 Å². The minimum Gasteiger partial charge on any atom is -0.455 e. The van der Waals surface area contributed by atoms with Gasteiger partial charge in [-0.1, -0.05) is 112 Å². The van der Waals surface area contributed by atoms with Crippen LogP contribution < -0.4 is 28.7 Å². The molecule has 30 nitrogen and oxygen atoms in total. The largest absolute Gasteiger partial charge is 0.455 e. The van der Waals surface area contributed by atoms with Crippen molar-refractivity contribution in [2.75, 3.05) is 152 Å². The quantitative estimate of drug-likeness (QED) is 0.0240. The number of benzene rings is 6. The van der Waals surface area contributed by atoms with Gasteiger partial charge in [0.05, 0.1) is 43.2 Å². The van der Waals surface area contributed by atoms with E-state index in [-0.39, 0.29) is 56.7 Å². The van der Waals surface area contributed by atoms with E-state index < -0.39 is 71.0 Å². The van der Waals surface area contributed by atoms with Crippen molar-refractivity contribution in [3.63, 3.8) is 0 Å². The van der Waals surface area contributed by atoms with Gasteiger partial charge in [-0.05, 0) is 207 Å². The number of fused-ring (bicyclic) bond motifs is 2. The van der Waals surface area contributed by atoms with Crippen molar-refractivity contribution in [1.29, 1.82) is 0 Å². The van der Waals surface area contributed by atoms with Crippen LogP contribution in [-0.2, 0) is 52.3 Å². The molecular formula is C98H118Cl2N16O14S4. The molecule has 0 unspecified atom stereocenters. The van der Waals surface area contributed by atoms with E-state index >= 15 is 0 Å². The predicted molar refractivity (Wildman–Crippen MR) is 530 cm³/mol. The number of carbonyl (C=O) groups excluding carboxylic acids is 2. The molecule has 10 aromatic rings. The monoisotopic (exact) mass is 1940 g/mol. The summed E-state index contributed by atoms with van der Waals surface area (Å²) in [5.41, 5.74) is 11.6. The Morgan fingerprint density at radius 3 is 1.24 bits per heavy atom. The molecule has 4 aromatic heterocycles. The number of amides is 2. The van der Waals surface area contributed by atoms with Crippen LogP contribution in [0.5, 0.6) is 23.0 Å². The number of anilines is 2. The van der Waals surface area contributed by atoms with E-state index in [4.69, 9.17) is 32.7 Å². The first-order chi connectivity index (χ1) is 63.9. The fourth-order valence-electron chi connectivity index (χ4n) is 18.6. The average Bonchev–Trinajstić information content (AvgIpc) is 1.08. The molecule has 712 valence electrons. The Bertz CT molecular complexity index is 6210. The van der Waals surface area contributed by atoms with Gasteiger partial charge in [0.1, 0.15) is 34.3 Å². The van der Waals surface area contributed by atoms with E-state index in [1.807, 2.05) is 50.2 Å². The zero-order valence-corrected chi connectivity index (χ0v) is 81.8. The van der Waals surface area contributed by atoms with Crippen LogP contribution >= 0.6 is 23.2 Å². The number of carbonyl (C=O) groups is 2. The number of piperazine rings is 2. The molecular weight excluding hydrogens is 1820 g/mol. The molecule has 4 saturated heterocycles. The third kappa shape index (κ3) is 24.6. The number of ether oxygens (including phenoxy) is 2. The zero-order chi connectivity index (χ0) is 95.0. The van der Waals surface area contributed by atoms with Gasteiger partial charge in [-0.25, -0.2) is 53.4 Å². The van der Waals surface area contributed by atoms with E-state index in [0.717, 1.165) is 174 Å². The first kappa shape index (κ1) is 97.9. The second-order valence-corrected chi connectivity index (χ2v) is 47.4. The Labute approximate surface area is 794 Å². The molecule has 2 amide bonds. The van der Waals surface area contributed by atoms with E-state index in [0.29, 0.717) is 96.0 Å². The van der Waals surface area contributed by atoms with Crippen LogP contribution in [0.3, 0.4) is 0 Å². The van der Waals surface area contributed by atoms with Crippen LogP contribution in [0, 0.1) is 42.9 Å². The maximum atomic E-state index is 14.0. The number of pyridine rings is 2. The summed E-state index contributed by atoms with van der Waals surface area (Å²) in [6.07, 6.45) is 15.1. The number of halogens is 2. The van der Waals surface area contributed by atoms with Crippen molar-refractivity contribution < 1.29 is 54.2 Å². The second-order valence-electron chi connectivity index (χ2n) is 37.7. The van der Waals surface area contributed by atoms with Crippen molar-refractivity contribution in [1.82, 2.24) is 49.0 Å². The average molecular weight is 1940 g/mol. The number of hydrogen-bond donors (Lipinski definition) is 4. The van der Waals surface area contributed by atoms with Crippen molar-refractivity contribution in [3.05, 3.63) is 245 Å². The number of aromatic amines is 2. The predicted octanol–water partition coefficient (Wildman–Crippen LogP) is 17.6. The molecule has 16 rings (SSSR count). The highest BCUT2D eigenvalue weighted by Gasteiger charge is 2.36. The highest BCUT2D eigenvalue weighted by molar-refractivity contribution is 7.94. The molecule has 4 fully saturated rings. The van der Waals surface area contributed by atoms with Gasteiger partial charge in [0.15, 0.2) is 0 Å². The minimum absolute atomic E-state index is 0.0397. The Balaban J connectivity index is 0.000000204. The smallest absolute Gasteiger partial charge is 0.273 e. The van der Waals surface area contributed by atoms with Gasteiger partial charge in [-0.3, -0.25) is 39.6 Å². The molecule has 0 spiro atoms. The van der Waals surface area contributed by atoms with Crippen LogP contribution in [0.2, 0.25) is 10.0 Å². The highest BCUT2D eigenvalue weighted by atomic mass is 35.5. The summed E-state index contributed by atoms with van der Waals surface area (Å²) in [6, 6.07) is 41.2. The normalized spacial score (nSPS) is 18.4. The van der Waals surface area contributed by atoms with E-state index in [1.165, 1.54) is 70.1 Å². The Kier molecular flexibility index (Phi) is 30.6. The second kappa shape index (κ2) is 41.9. The molecule has 36 heteroatoms. The summed E-state index contributed by atoms with van der Waals surface area (Å²) in [5, 5.41) is 27.7. The number of aromatic nitrogens is 4. The van der Waals surface area contributed by atoms with Crippen LogP contribution in [0.15, 0.2) is 200 Å². The van der Waals surface area contributed by atoms with Crippen LogP contribution in [0.4, 0.5) is 22.7 Å². The fourth-order valence-corrected chi connectivity index (χ4v) is 24.2. The van der Waals surface area contributed by atoms with Gasteiger partial charge in [0.25, 0.3) is 43.2 Å². The van der Waals surface area contributed by atoms with Gasteiger partial charge in [-0.2, -0.15) is 0 Å². The number of rotatable bonds is 30. The number of nitro benzene ring substituents is 2. The number of allylic oxidation sites excluding steroid dienone is 2. The molecule has 6 aromatic carbocycles. The van der Waals surface area contributed by atoms with Crippen molar-refractivity contribution in [3.8, 4) is 23.0 Å². The van der Waals surface area contributed by atoms with E-state index in [2.05, 4.69) is 119 Å². The summed E-state index contributed by atoms with van der Waals surface area (Å²) >= 11 is 12.5. The molecule has 134 heavy (non-hydrogen) atoms. The van der Waals surface area contributed by atoms with Crippen molar-refractivity contribution >= 4 is 130 Å². The Morgan fingerprint density at radius 1 is 0.507 bits per heavy atom. The molecule has 4 aliphatic heterocycles. The highest BCUT2D eigenvalue weighted by Crippen LogP contribution is 2.46. The maximum absolute atomic E-state index is 14.0. The number of H-pyrrole nitrogens is 2. The van der Waals surface area contributed by atoms with Gasteiger partial charge in [0.2, 0.25) is 0 Å². The molecule has 4 N–H and O–H groups in total. The Hall–Kier alpha value is -10.7. The maximum Gasteiger partial charge on any atom is 0.273 e. The van der Waals surface area contributed by atoms with E-state index in [9.17, 15) is 55.1 Å². The van der Waals surface area contributed by atoms with Crippen molar-refractivity contribution in [2.45, 2.75) is 116 Å². The van der Waals surface area contributed by atoms with Gasteiger partial charge < -0.3 is 39.0 Å². The third-order valence-electron chi connectivity index (χ3n) is 26.9. The molecule has 2 aliphatic carbocycles. The molecule has 8 heterocycles. The number of sulfonamides is 2. The van der Waals surface area contributed by atoms with Crippen LogP contribution in [0.1, 0.15) is 136 Å². The number of hydrogen-bond acceptors (Lipinski definition) is 24. The van der Waals surface area contributed by atoms with E-state index in [1.54, 1.807) is 75.0 Å². The summed E-state index contributed by atoms with van der Waals surface area (Å²) < 4.78 is 106. The first-order valence-corrected chi connectivity index (χ1v) is 53.1. The zero-order valence-electron chi connectivity index (χ0n) is 77.0. The SMILES string of the molecule is CN=S1(=O)CCN(CC[C@H](C)Cc2ccc(S(=O)(=O)NC(=O)c3ccc(N4CCN(CC5=C(c6ccc(Cl)cc6)CC(C)(C)CC5)CC4)cc3Oc3cnc4[nH]ccc4c3)cc2[N+](=O)[O-])CC1.CN=S1(=O)CCN(CC[C@H](C)Cc2ccc(S(=O)(=O)NC(=O)c3ccc(N4CCN(CC5=C(c6ccc(Cl)cc6)CC(C)(C)CC5)CC4)cc3Oc3cnc4[nH]ccc4c3)cc2[N+](=O)[O-])CC1. The van der Waals surface area contributed by atoms with Gasteiger partial charge >= 0.3 is 0 Å². The van der Waals surface area contributed by atoms with Crippen molar-refractivity contribution in [2.24, 2.45) is 31.4 Å². The number of nitrogens with one attached hydrogen (secondary N) is 4. The fraction of sp³-hybridized carbons (Fsp3) is 0.429. The summed E-state index contributed by atoms with van der Waals surface area (Å²) in [5.74, 6) is 1.24. The first-order valence-electron chi connectivity index (χ1n) is 45.7. The van der Waals surface area contributed by atoms with Crippen LogP contribution in [0.25, 0.3) is 33.2 Å². The molecule has 6 aliphatic rings. The standard InChI is InChI=1S/2C49H59ClN8O7S2/c2*1-34(15-18-55-23-25-66(62,51-4)26-24-55)27-36-7-11-42(30-45(36)58(60)61)67(63,64)54-48(59)43-12-10-40(29-46(43)65-41-28-37-14-17-52-47(37)53-32-41)57-21-19-56(20-22-57)33-38-13-16-49(2,3)31-44(38)35-5-8-39(50)9-6-35/h2*5-12,14,17,28-30,32,34H,13,15-16,18-27,31,33H2,1-4H3,(H,52,53)(H,54,59)/t2*34-/m00/s1. The lowest BCUT2D eigenvalue weighted by Gasteiger charge is -2.39. The van der Waals surface area contributed by atoms with Gasteiger partial charge in [0, 0.05) is 228 Å². The summed E-state index contributed by atoms with van der Waals surface area (Å²) in [6.45, 7) is 25.4. The third-order valence-corrected chi connectivity index (χ3v) is 34.6. The Morgan fingerprint density at radius 2 is 0.881 bits per heavy atom. The summed E-state index contributed by atoms with van der Waals surface area (Å²) in [7, 11) is -10.2. The molecule has 0 bridgehead atoms. The topological polar surface area (TPSA) is 367 Å².